The van der Waals surface area contributed by atoms with Gasteiger partial charge in [-0.25, -0.2) is 9.69 Å². The van der Waals surface area contributed by atoms with E-state index in [1.807, 2.05) is 30.3 Å². The van der Waals surface area contributed by atoms with Crippen molar-refractivity contribution in [2.45, 2.75) is 0 Å². The third-order valence-electron chi connectivity index (χ3n) is 2.86. The fourth-order valence-electron chi connectivity index (χ4n) is 1.97. The van der Waals surface area contributed by atoms with E-state index in [-0.39, 0.29) is 0 Å². The van der Waals surface area contributed by atoms with Gasteiger partial charge in [-0.15, -0.1) is 0 Å². The summed E-state index contributed by atoms with van der Waals surface area (Å²) >= 11 is 0. The zero-order valence-electron chi connectivity index (χ0n) is 11.0. The van der Waals surface area contributed by atoms with Crippen molar-refractivity contribution < 1.29 is 4.79 Å². The lowest BCUT2D eigenvalue weighted by Crippen LogP contribution is -2.33. The second-order valence-electron chi connectivity index (χ2n) is 4.19. The molecular weight excluding hydrogens is 268 g/mol. The average Bonchev–Trinajstić information content (AvgIpc) is 2.98. The molecule has 0 fully saturated rings. The van der Waals surface area contributed by atoms with Crippen LogP contribution in [0, 0.1) is 0 Å². The normalized spacial score (nSPS) is 10.3. The maximum absolute atomic E-state index is 11.8. The zero-order valence-corrected chi connectivity index (χ0v) is 11.0. The van der Waals surface area contributed by atoms with E-state index in [9.17, 15) is 4.79 Å². The van der Waals surface area contributed by atoms with Crippen molar-refractivity contribution >= 4 is 17.7 Å². The summed E-state index contributed by atoms with van der Waals surface area (Å²) in [6.45, 7) is 0. The first-order valence-electron chi connectivity index (χ1n) is 6.22. The van der Waals surface area contributed by atoms with Gasteiger partial charge in [0, 0.05) is 6.20 Å². The first-order valence-corrected chi connectivity index (χ1v) is 6.22. The largest absolute Gasteiger partial charge is 0.351 e. The summed E-state index contributed by atoms with van der Waals surface area (Å²) in [6.07, 6.45) is 4.52. The van der Waals surface area contributed by atoms with Crippen LogP contribution in [-0.4, -0.2) is 25.8 Å². The van der Waals surface area contributed by atoms with Crippen molar-refractivity contribution in [2.24, 2.45) is 5.73 Å². The number of hydrogen-bond donors (Lipinski definition) is 1. The minimum atomic E-state index is -0.659. The van der Waals surface area contributed by atoms with Gasteiger partial charge >= 0.3 is 6.03 Å². The lowest BCUT2D eigenvalue weighted by molar-refractivity contribution is 0.255. The number of carbonyl (C=O) groups is 1. The monoisotopic (exact) mass is 280 g/mol. The fraction of sp³-hybridized carbons (Fsp3) is 0. The van der Waals surface area contributed by atoms with Gasteiger partial charge in [-0.3, -0.25) is 4.98 Å². The Labute approximate surface area is 120 Å². The molecule has 0 aliphatic heterocycles. The number of aromatic nitrogens is 4. The topological polar surface area (TPSA) is 89.9 Å². The molecule has 0 aliphatic carbocycles. The van der Waals surface area contributed by atoms with Gasteiger partial charge in [0.1, 0.15) is 6.33 Å². The molecule has 3 rings (SSSR count). The van der Waals surface area contributed by atoms with Gasteiger partial charge in [0.15, 0.2) is 0 Å². The molecule has 0 aliphatic rings. The number of primary amides is 1. The fourth-order valence-corrected chi connectivity index (χ4v) is 1.97. The molecule has 0 saturated carbocycles. The Morgan fingerprint density at radius 2 is 1.95 bits per heavy atom. The van der Waals surface area contributed by atoms with Crippen LogP contribution in [0.5, 0.6) is 0 Å². The van der Waals surface area contributed by atoms with Crippen LogP contribution in [0.25, 0.3) is 5.69 Å². The molecule has 0 atom stereocenters. The number of hydrogen-bond acceptors (Lipinski definition) is 4. The molecule has 2 N–H and O–H groups in total. The summed E-state index contributed by atoms with van der Waals surface area (Å²) in [5.74, 6) is 0.307. The van der Waals surface area contributed by atoms with Crippen LogP contribution < -0.4 is 10.6 Å². The lowest BCUT2D eigenvalue weighted by Gasteiger charge is -2.19. The predicted molar refractivity (Wildman–Crippen MR) is 77.3 cm³/mol. The number of nitrogens with zero attached hydrogens (tertiary/aromatic N) is 5. The Kier molecular flexibility index (Phi) is 3.30. The number of benzene rings is 1. The van der Waals surface area contributed by atoms with Crippen molar-refractivity contribution in [3.05, 3.63) is 61.2 Å². The molecule has 104 valence electrons. The average molecular weight is 280 g/mol. The molecule has 0 unspecified atom stereocenters. The third-order valence-corrected chi connectivity index (χ3v) is 2.86. The molecular formula is C14H12N6O. The summed E-state index contributed by atoms with van der Waals surface area (Å²) in [7, 11) is 0. The maximum Gasteiger partial charge on any atom is 0.326 e. The third kappa shape index (κ3) is 2.44. The molecule has 0 spiro atoms. The van der Waals surface area contributed by atoms with Gasteiger partial charge in [-0.1, -0.05) is 18.2 Å². The summed E-state index contributed by atoms with van der Waals surface area (Å²) in [4.78, 5) is 21.2. The van der Waals surface area contributed by atoms with Crippen molar-refractivity contribution in [2.75, 3.05) is 4.90 Å². The van der Waals surface area contributed by atoms with Crippen LogP contribution >= 0.6 is 0 Å². The van der Waals surface area contributed by atoms with Gasteiger partial charge in [-0.2, -0.15) is 14.8 Å². The minimum absolute atomic E-state index is 0.307. The van der Waals surface area contributed by atoms with Gasteiger partial charge in [0.2, 0.25) is 5.95 Å². The highest BCUT2D eigenvalue weighted by molar-refractivity contribution is 5.96. The molecule has 0 saturated heterocycles. The van der Waals surface area contributed by atoms with Crippen molar-refractivity contribution in [3.8, 4) is 5.69 Å². The summed E-state index contributed by atoms with van der Waals surface area (Å²) in [6, 6.07) is 12.1. The molecule has 2 heterocycles. The first-order chi connectivity index (χ1) is 10.3. The quantitative estimate of drug-likeness (QED) is 0.793. The van der Waals surface area contributed by atoms with Crippen LogP contribution in [-0.2, 0) is 0 Å². The highest BCUT2D eigenvalue weighted by Crippen LogP contribution is 2.24. The Balaban J connectivity index is 2.11. The summed E-state index contributed by atoms with van der Waals surface area (Å²) in [5.41, 5.74) is 6.79. The van der Waals surface area contributed by atoms with E-state index in [1.165, 1.54) is 22.1 Å². The molecule has 7 nitrogen and oxygen atoms in total. The standard InChI is InChI=1S/C14H12N6O/c15-13(21)19(12-7-4-8-16-9-12)14-17-10-18-20(14)11-5-2-1-3-6-11/h1-10H,(H2,15,21). The maximum atomic E-state index is 11.8. The second kappa shape index (κ2) is 5.41. The molecule has 0 radical (unpaired) electrons. The van der Waals surface area contributed by atoms with Gasteiger partial charge < -0.3 is 5.73 Å². The highest BCUT2D eigenvalue weighted by atomic mass is 16.2. The summed E-state index contributed by atoms with van der Waals surface area (Å²) in [5, 5.41) is 4.15. The van der Waals surface area contributed by atoms with Gasteiger partial charge in [0.05, 0.1) is 17.6 Å². The first kappa shape index (κ1) is 12.8. The molecule has 21 heavy (non-hydrogen) atoms. The summed E-state index contributed by atoms with van der Waals surface area (Å²) < 4.78 is 1.54. The van der Waals surface area contributed by atoms with Crippen LogP contribution in [0.15, 0.2) is 61.2 Å². The number of carbonyl (C=O) groups excluding carboxylic acids is 1. The van der Waals surface area contributed by atoms with E-state index in [2.05, 4.69) is 15.1 Å². The molecule has 0 bridgehead atoms. The Morgan fingerprint density at radius 3 is 2.62 bits per heavy atom. The minimum Gasteiger partial charge on any atom is -0.351 e. The van der Waals surface area contributed by atoms with E-state index in [0.29, 0.717) is 11.6 Å². The van der Waals surface area contributed by atoms with Crippen LogP contribution in [0.2, 0.25) is 0 Å². The van der Waals surface area contributed by atoms with E-state index in [4.69, 9.17) is 5.73 Å². The second-order valence-corrected chi connectivity index (χ2v) is 4.19. The highest BCUT2D eigenvalue weighted by Gasteiger charge is 2.21. The predicted octanol–water partition coefficient (Wildman–Crippen LogP) is 1.88. The lowest BCUT2D eigenvalue weighted by atomic mass is 10.3. The van der Waals surface area contributed by atoms with E-state index in [1.54, 1.807) is 18.3 Å². The van der Waals surface area contributed by atoms with Gasteiger partial charge in [0.25, 0.3) is 0 Å². The smallest absolute Gasteiger partial charge is 0.326 e. The van der Waals surface area contributed by atoms with E-state index < -0.39 is 6.03 Å². The van der Waals surface area contributed by atoms with Crippen LogP contribution in [0.1, 0.15) is 0 Å². The van der Waals surface area contributed by atoms with Crippen LogP contribution in [0.4, 0.5) is 16.4 Å². The number of anilines is 2. The number of rotatable bonds is 3. The van der Waals surface area contributed by atoms with Crippen molar-refractivity contribution in [1.82, 2.24) is 19.7 Å². The van der Waals surface area contributed by atoms with Crippen LogP contribution in [0.3, 0.4) is 0 Å². The number of urea groups is 1. The Hall–Kier alpha value is -3.22. The molecule has 2 aromatic heterocycles. The SMILES string of the molecule is NC(=O)N(c1cccnc1)c1ncnn1-c1ccccc1. The number of pyridine rings is 1. The molecule has 7 heteroatoms. The molecule has 2 amide bonds. The number of para-hydroxylation sites is 1. The number of amides is 2. The molecule has 3 aromatic rings. The molecule has 1 aromatic carbocycles. The Bertz CT molecular complexity index is 740. The van der Waals surface area contributed by atoms with E-state index in [0.717, 1.165) is 5.69 Å². The van der Waals surface area contributed by atoms with E-state index >= 15 is 0 Å². The van der Waals surface area contributed by atoms with Gasteiger partial charge in [-0.05, 0) is 24.3 Å². The number of nitrogens with two attached hydrogens (primary N) is 1. The Morgan fingerprint density at radius 1 is 1.14 bits per heavy atom. The van der Waals surface area contributed by atoms with Crippen molar-refractivity contribution in [3.63, 3.8) is 0 Å². The van der Waals surface area contributed by atoms with Crippen molar-refractivity contribution in [1.29, 1.82) is 0 Å². The zero-order chi connectivity index (χ0) is 14.7.